The molecule has 0 radical (unpaired) electrons. The van der Waals surface area contributed by atoms with E-state index in [0.29, 0.717) is 13.1 Å². The van der Waals surface area contributed by atoms with Gasteiger partial charge < -0.3 is 19.5 Å². The number of benzene rings is 1. The van der Waals surface area contributed by atoms with Gasteiger partial charge in [0.05, 0.1) is 16.7 Å². The fourth-order valence-corrected chi connectivity index (χ4v) is 4.27. The number of aromatic nitrogens is 2. The third kappa shape index (κ3) is 2.75. The average Bonchev–Trinajstić information content (AvgIpc) is 2.98. The number of piperazine rings is 1. The van der Waals surface area contributed by atoms with Crippen LogP contribution in [-0.4, -0.2) is 51.3 Å². The molecule has 0 spiro atoms. The van der Waals surface area contributed by atoms with E-state index >= 15 is 0 Å². The van der Waals surface area contributed by atoms with Crippen LogP contribution in [0.3, 0.4) is 0 Å². The molecule has 2 saturated heterocycles. The van der Waals surface area contributed by atoms with E-state index in [-0.39, 0.29) is 23.9 Å². The Bertz CT molecular complexity index is 894. The zero-order valence-corrected chi connectivity index (χ0v) is 15.8. The summed E-state index contributed by atoms with van der Waals surface area (Å²) in [5, 5.41) is 0. The van der Waals surface area contributed by atoms with Crippen LogP contribution in [0.1, 0.15) is 33.6 Å². The molecule has 1 aromatic carbocycles. The summed E-state index contributed by atoms with van der Waals surface area (Å²) in [6.45, 7) is 6.98. The van der Waals surface area contributed by atoms with Gasteiger partial charge in [-0.2, -0.15) is 0 Å². The summed E-state index contributed by atoms with van der Waals surface area (Å²) in [4.78, 5) is 31.7. The Kier molecular flexibility index (Phi) is 3.78. The van der Waals surface area contributed by atoms with Crippen molar-refractivity contribution in [2.45, 2.75) is 51.3 Å². The van der Waals surface area contributed by atoms with Gasteiger partial charge in [0, 0.05) is 32.2 Å². The van der Waals surface area contributed by atoms with Gasteiger partial charge in [0.15, 0.2) is 0 Å². The highest BCUT2D eigenvalue weighted by Gasteiger charge is 2.43. The van der Waals surface area contributed by atoms with Crippen LogP contribution in [0.15, 0.2) is 23.0 Å². The summed E-state index contributed by atoms with van der Waals surface area (Å²) in [7, 11) is 1.80. The van der Waals surface area contributed by atoms with Crippen LogP contribution in [0.5, 0.6) is 0 Å². The van der Waals surface area contributed by atoms with Gasteiger partial charge in [-0.1, -0.05) is 6.07 Å². The molecule has 1 amide bonds. The maximum Gasteiger partial charge on any atom is 0.410 e. The van der Waals surface area contributed by atoms with Crippen molar-refractivity contribution in [2.24, 2.45) is 7.05 Å². The molecule has 2 fully saturated rings. The molecule has 0 saturated carbocycles. The lowest BCUT2D eigenvalue weighted by Crippen LogP contribution is -2.56. The Labute approximate surface area is 152 Å². The van der Waals surface area contributed by atoms with Gasteiger partial charge in [-0.3, -0.25) is 4.57 Å². The maximum absolute atomic E-state index is 12.5. The molecule has 2 aliphatic heterocycles. The molecule has 0 aliphatic carbocycles. The topological polar surface area (TPSA) is 70.6 Å². The van der Waals surface area contributed by atoms with E-state index < -0.39 is 5.60 Å². The Morgan fingerprint density at radius 1 is 1.19 bits per heavy atom. The number of likely N-dealkylation sites (tertiary alicyclic amines) is 1. The highest BCUT2D eigenvalue weighted by Crippen LogP contribution is 2.38. The molecule has 2 aliphatic rings. The number of carbonyl (C=O) groups is 1. The minimum atomic E-state index is -0.484. The number of hydrogen-bond acceptors (Lipinski definition) is 4. The van der Waals surface area contributed by atoms with E-state index in [0.717, 1.165) is 29.6 Å². The summed E-state index contributed by atoms with van der Waals surface area (Å²) in [6.07, 6.45) is 1.85. The van der Waals surface area contributed by atoms with Crippen molar-refractivity contribution in [2.75, 3.05) is 18.0 Å². The zero-order chi connectivity index (χ0) is 18.6. The molecule has 2 bridgehead atoms. The summed E-state index contributed by atoms with van der Waals surface area (Å²) in [5.74, 6) is 0. The molecule has 4 rings (SSSR count). The monoisotopic (exact) mass is 358 g/mol. The van der Waals surface area contributed by atoms with Gasteiger partial charge in [0.1, 0.15) is 5.60 Å². The van der Waals surface area contributed by atoms with Crippen LogP contribution in [-0.2, 0) is 11.8 Å². The second-order valence-electron chi connectivity index (χ2n) is 8.34. The molecular weight excluding hydrogens is 332 g/mol. The SMILES string of the molecule is Cn1c(=O)[nH]c2cccc(N3[C@@H]4CC[C@H]3CN(C(=O)OC(C)(C)C)C4)c21. The van der Waals surface area contributed by atoms with E-state index in [1.165, 1.54) is 0 Å². The molecule has 1 aromatic heterocycles. The van der Waals surface area contributed by atoms with Gasteiger partial charge in [-0.15, -0.1) is 0 Å². The molecule has 140 valence electrons. The number of nitrogens with zero attached hydrogens (tertiary/aromatic N) is 3. The van der Waals surface area contributed by atoms with Crippen LogP contribution in [0.25, 0.3) is 11.0 Å². The Hall–Kier alpha value is -2.44. The van der Waals surface area contributed by atoms with Crippen molar-refractivity contribution in [3.05, 3.63) is 28.7 Å². The van der Waals surface area contributed by atoms with E-state index in [1.54, 1.807) is 11.6 Å². The molecule has 26 heavy (non-hydrogen) atoms. The van der Waals surface area contributed by atoms with Crippen LogP contribution in [0.4, 0.5) is 10.5 Å². The lowest BCUT2D eigenvalue weighted by atomic mass is 10.1. The molecule has 2 atom stereocenters. The number of ether oxygens (including phenoxy) is 1. The van der Waals surface area contributed by atoms with Gasteiger partial charge in [-0.05, 0) is 45.7 Å². The lowest BCUT2D eigenvalue weighted by Gasteiger charge is -2.42. The quantitative estimate of drug-likeness (QED) is 0.850. The number of rotatable bonds is 1. The van der Waals surface area contributed by atoms with Crippen molar-refractivity contribution < 1.29 is 9.53 Å². The molecule has 0 unspecified atom stereocenters. The normalized spacial score (nSPS) is 22.9. The fourth-order valence-electron chi connectivity index (χ4n) is 4.27. The number of H-pyrrole nitrogens is 1. The summed E-state index contributed by atoms with van der Waals surface area (Å²) in [5.41, 5.74) is 2.26. The highest BCUT2D eigenvalue weighted by atomic mass is 16.6. The average molecular weight is 358 g/mol. The standard InChI is InChI=1S/C19H26N4O3/c1-19(2,3)26-18(25)22-10-12-8-9-13(11-22)23(12)15-7-5-6-14-16(15)21(4)17(24)20-14/h5-7,12-13H,8-11H2,1-4H3,(H,20,24)/t12-,13+. The van der Waals surface area contributed by atoms with Crippen LogP contribution < -0.4 is 10.6 Å². The largest absolute Gasteiger partial charge is 0.444 e. The van der Waals surface area contributed by atoms with E-state index in [9.17, 15) is 9.59 Å². The van der Waals surface area contributed by atoms with E-state index in [1.807, 2.05) is 37.8 Å². The third-order valence-electron chi connectivity index (χ3n) is 5.31. The third-order valence-corrected chi connectivity index (χ3v) is 5.31. The van der Waals surface area contributed by atoms with E-state index in [2.05, 4.69) is 16.0 Å². The summed E-state index contributed by atoms with van der Waals surface area (Å²) in [6, 6.07) is 6.48. The predicted octanol–water partition coefficient (Wildman–Crippen LogP) is 2.45. The summed E-state index contributed by atoms with van der Waals surface area (Å²) < 4.78 is 7.22. The first-order valence-corrected chi connectivity index (χ1v) is 9.18. The summed E-state index contributed by atoms with van der Waals surface area (Å²) >= 11 is 0. The predicted molar refractivity (Wildman–Crippen MR) is 101 cm³/mol. The van der Waals surface area contributed by atoms with Crippen molar-refractivity contribution in [1.82, 2.24) is 14.5 Å². The van der Waals surface area contributed by atoms with Gasteiger partial charge >= 0.3 is 11.8 Å². The highest BCUT2D eigenvalue weighted by molar-refractivity contribution is 5.89. The van der Waals surface area contributed by atoms with Gasteiger partial charge in [0.2, 0.25) is 0 Å². The molecular formula is C19H26N4O3. The fraction of sp³-hybridized carbons (Fsp3) is 0.579. The first-order chi connectivity index (χ1) is 12.2. The minimum absolute atomic E-state index is 0.104. The second-order valence-corrected chi connectivity index (χ2v) is 8.34. The van der Waals surface area contributed by atoms with Gasteiger partial charge in [0.25, 0.3) is 0 Å². The Morgan fingerprint density at radius 3 is 2.46 bits per heavy atom. The number of hydrogen-bond donors (Lipinski definition) is 1. The van der Waals surface area contributed by atoms with Crippen molar-refractivity contribution in [3.63, 3.8) is 0 Å². The van der Waals surface area contributed by atoms with Crippen molar-refractivity contribution >= 4 is 22.8 Å². The first-order valence-electron chi connectivity index (χ1n) is 9.18. The number of aryl methyl sites for hydroxylation is 1. The minimum Gasteiger partial charge on any atom is -0.444 e. The number of imidazole rings is 1. The van der Waals surface area contributed by atoms with Crippen LogP contribution >= 0.6 is 0 Å². The van der Waals surface area contributed by atoms with Crippen LogP contribution in [0, 0.1) is 0 Å². The zero-order valence-electron chi connectivity index (χ0n) is 15.8. The number of anilines is 1. The van der Waals surface area contributed by atoms with Crippen molar-refractivity contribution in [1.29, 1.82) is 0 Å². The van der Waals surface area contributed by atoms with Crippen LogP contribution in [0.2, 0.25) is 0 Å². The van der Waals surface area contributed by atoms with Crippen molar-refractivity contribution in [3.8, 4) is 0 Å². The second kappa shape index (κ2) is 5.79. The molecule has 7 heteroatoms. The van der Waals surface area contributed by atoms with E-state index in [4.69, 9.17) is 4.74 Å². The number of aromatic amines is 1. The Balaban J connectivity index is 1.64. The van der Waals surface area contributed by atoms with Gasteiger partial charge in [-0.25, -0.2) is 9.59 Å². The lowest BCUT2D eigenvalue weighted by molar-refractivity contribution is 0.0210. The smallest absolute Gasteiger partial charge is 0.410 e. The molecule has 1 N–H and O–H groups in total. The Morgan fingerprint density at radius 2 is 1.85 bits per heavy atom. The molecule has 2 aromatic rings. The number of para-hydroxylation sites is 1. The first kappa shape index (κ1) is 17.0. The molecule has 3 heterocycles. The maximum atomic E-state index is 12.5. The molecule has 7 nitrogen and oxygen atoms in total. The number of fused-ring (bicyclic) bond motifs is 3. The number of carbonyl (C=O) groups excluding carboxylic acids is 1. The number of amides is 1. The number of nitrogens with one attached hydrogen (secondary N) is 1.